The molecule has 0 N–H and O–H groups in total. The van der Waals surface area contributed by atoms with E-state index < -0.39 is 0 Å². The highest BCUT2D eigenvalue weighted by molar-refractivity contribution is 7.08. The number of nitrogens with zero attached hydrogens (tertiary/aromatic N) is 1. The van der Waals surface area contributed by atoms with E-state index in [2.05, 4.69) is 21.7 Å². The fraction of sp³-hybridized carbons (Fsp3) is 0.750. The average Bonchev–Trinajstić information content (AvgIpc) is 3.00. The van der Waals surface area contributed by atoms with E-state index in [1.807, 2.05) is 0 Å². The van der Waals surface area contributed by atoms with E-state index in [0.29, 0.717) is 12.5 Å². The van der Waals surface area contributed by atoms with Gasteiger partial charge in [0.25, 0.3) is 0 Å². The summed E-state index contributed by atoms with van der Waals surface area (Å²) in [6.45, 7) is 3.77. The third-order valence-electron chi connectivity index (χ3n) is 5.63. The molecular formula is C20H31NO2S. The number of hydrogen-bond acceptors (Lipinski definition) is 4. The minimum atomic E-state index is -0.0410. The molecule has 4 heteroatoms. The van der Waals surface area contributed by atoms with Crippen molar-refractivity contribution in [2.24, 2.45) is 5.92 Å². The minimum Gasteiger partial charge on any atom is -0.464 e. The van der Waals surface area contributed by atoms with Crippen LogP contribution in [0.15, 0.2) is 16.8 Å². The van der Waals surface area contributed by atoms with Gasteiger partial charge in [0.1, 0.15) is 6.61 Å². The van der Waals surface area contributed by atoms with Crippen LogP contribution in [0.1, 0.15) is 69.3 Å². The zero-order chi connectivity index (χ0) is 16.6. The van der Waals surface area contributed by atoms with E-state index in [0.717, 1.165) is 19.6 Å². The van der Waals surface area contributed by atoms with E-state index >= 15 is 0 Å². The molecule has 1 aliphatic heterocycles. The second-order valence-electron chi connectivity index (χ2n) is 7.36. The number of rotatable bonds is 6. The van der Waals surface area contributed by atoms with Crippen LogP contribution in [0.4, 0.5) is 0 Å². The van der Waals surface area contributed by atoms with Crippen molar-refractivity contribution in [1.82, 2.24) is 4.90 Å². The summed E-state index contributed by atoms with van der Waals surface area (Å²) in [5, 5.41) is 4.21. The zero-order valence-corrected chi connectivity index (χ0v) is 15.6. The van der Waals surface area contributed by atoms with E-state index in [4.69, 9.17) is 4.74 Å². The maximum absolute atomic E-state index is 12.8. The van der Waals surface area contributed by atoms with Crippen LogP contribution in [-0.4, -0.2) is 37.1 Å². The van der Waals surface area contributed by atoms with Crippen LogP contribution in [0.2, 0.25) is 0 Å². The first-order valence-corrected chi connectivity index (χ1v) is 10.7. The van der Waals surface area contributed by atoms with Crippen molar-refractivity contribution in [3.63, 3.8) is 0 Å². The Hall–Kier alpha value is -0.870. The molecule has 134 valence electrons. The standard InChI is InChI=1S/C20H31NO2S/c22-20(23-14-13-21-11-6-1-2-7-12-21)19(18-10-15-24-16-18)17-8-4-3-5-9-17/h10,15-17,19H,1-9,11-14H2. The topological polar surface area (TPSA) is 29.5 Å². The summed E-state index contributed by atoms with van der Waals surface area (Å²) < 4.78 is 5.75. The predicted molar refractivity (Wildman–Crippen MR) is 99.5 cm³/mol. The molecule has 1 aromatic heterocycles. The number of thiophene rings is 1. The highest BCUT2D eigenvalue weighted by Gasteiger charge is 2.32. The molecule has 3 rings (SSSR count). The Labute approximate surface area is 150 Å². The fourth-order valence-corrected chi connectivity index (χ4v) is 4.94. The van der Waals surface area contributed by atoms with Crippen LogP contribution in [0.3, 0.4) is 0 Å². The van der Waals surface area contributed by atoms with Gasteiger partial charge >= 0.3 is 5.97 Å². The number of carbonyl (C=O) groups excluding carboxylic acids is 1. The number of esters is 1. The summed E-state index contributed by atoms with van der Waals surface area (Å²) in [6, 6.07) is 2.11. The lowest BCUT2D eigenvalue weighted by Crippen LogP contribution is -2.31. The molecule has 0 aromatic carbocycles. The number of ether oxygens (including phenoxy) is 1. The summed E-state index contributed by atoms with van der Waals surface area (Å²) >= 11 is 1.68. The maximum Gasteiger partial charge on any atom is 0.313 e. The minimum absolute atomic E-state index is 0.00937. The summed E-state index contributed by atoms with van der Waals surface area (Å²) in [5.74, 6) is 0.440. The van der Waals surface area contributed by atoms with Crippen molar-refractivity contribution >= 4 is 17.3 Å². The third kappa shape index (κ3) is 5.06. The van der Waals surface area contributed by atoms with Crippen LogP contribution in [0.5, 0.6) is 0 Å². The lowest BCUT2D eigenvalue weighted by molar-refractivity contribution is -0.147. The van der Waals surface area contributed by atoms with Gasteiger partial charge in [0, 0.05) is 6.54 Å². The highest BCUT2D eigenvalue weighted by Crippen LogP contribution is 2.37. The van der Waals surface area contributed by atoms with Crippen molar-refractivity contribution in [1.29, 1.82) is 0 Å². The highest BCUT2D eigenvalue weighted by atomic mass is 32.1. The zero-order valence-electron chi connectivity index (χ0n) is 14.8. The molecule has 0 amide bonds. The van der Waals surface area contributed by atoms with Crippen LogP contribution >= 0.6 is 11.3 Å². The van der Waals surface area contributed by atoms with Gasteiger partial charge in [0.05, 0.1) is 5.92 Å². The Bertz CT molecular complexity index is 474. The summed E-state index contributed by atoms with van der Waals surface area (Å²) in [4.78, 5) is 15.3. The summed E-state index contributed by atoms with van der Waals surface area (Å²) in [5.41, 5.74) is 1.17. The molecule has 0 spiro atoms. The first kappa shape index (κ1) is 17.9. The smallest absolute Gasteiger partial charge is 0.313 e. The molecular weight excluding hydrogens is 318 g/mol. The molecule has 1 unspecified atom stereocenters. The van der Waals surface area contributed by atoms with Gasteiger partial charge in [-0.15, -0.1) is 0 Å². The Morgan fingerprint density at radius 1 is 1.12 bits per heavy atom. The first-order chi connectivity index (χ1) is 11.8. The largest absolute Gasteiger partial charge is 0.464 e. The lowest BCUT2D eigenvalue weighted by Gasteiger charge is -2.29. The molecule has 1 aliphatic carbocycles. The molecule has 1 aromatic rings. The van der Waals surface area contributed by atoms with Crippen molar-refractivity contribution in [3.8, 4) is 0 Å². The molecule has 2 aliphatic rings. The summed E-state index contributed by atoms with van der Waals surface area (Å²) in [7, 11) is 0. The number of likely N-dealkylation sites (tertiary alicyclic amines) is 1. The molecule has 24 heavy (non-hydrogen) atoms. The van der Waals surface area contributed by atoms with Crippen molar-refractivity contribution in [2.75, 3.05) is 26.2 Å². The molecule has 0 radical (unpaired) electrons. The molecule has 1 saturated carbocycles. The summed E-state index contributed by atoms with van der Waals surface area (Å²) in [6.07, 6.45) is 11.4. The second kappa shape index (κ2) is 9.57. The predicted octanol–water partition coefficient (Wildman–Crippen LogP) is 4.83. The van der Waals surface area contributed by atoms with E-state index in [1.165, 1.54) is 63.4 Å². The molecule has 3 nitrogen and oxygen atoms in total. The van der Waals surface area contributed by atoms with Gasteiger partial charge in [-0.25, -0.2) is 0 Å². The lowest BCUT2D eigenvalue weighted by atomic mass is 9.77. The molecule has 1 atom stereocenters. The fourth-order valence-electron chi connectivity index (χ4n) is 4.25. The molecule has 1 saturated heterocycles. The third-order valence-corrected chi connectivity index (χ3v) is 6.33. The first-order valence-electron chi connectivity index (χ1n) is 9.75. The van der Waals surface area contributed by atoms with Crippen LogP contribution in [0.25, 0.3) is 0 Å². The Morgan fingerprint density at radius 3 is 2.50 bits per heavy atom. The quantitative estimate of drug-likeness (QED) is 0.689. The normalized spacial score (nSPS) is 22.0. The van der Waals surface area contributed by atoms with Crippen molar-refractivity contribution in [3.05, 3.63) is 22.4 Å². The van der Waals surface area contributed by atoms with Crippen molar-refractivity contribution < 1.29 is 9.53 Å². The monoisotopic (exact) mass is 349 g/mol. The van der Waals surface area contributed by atoms with Crippen molar-refractivity contribution in [2.45, 2.75) is 63.7 Å². The van der Waals surface area contributed by atoms with Crippen LogP contribution in [-0.2, 0) is 9.53 Å². The van der Waals surface area contributed by atoms with Crippen LogP contribution < -0.4 is 0 Å². The van der Waals surface area contributed by atoms with Gasteiger partial charge in [0.2, 0.25) is 0 Å². The van der Waals surface area contributed by atoms with E-state index in [-0.39, 0.29) is 11.9 Å². The second-order valence-corrected chi connectivity index (χ2v) is 8.14. The Morgan fingerprint density at radius 2 is 1.83 bits per heavy atom. The average molecular weight is 350 g/mol. The molecule has 0 bridgehead atoms. The van der Waals surface area contributed by atoms with Crippen LogP contribution in [0, 0.1) is 5.92 Å². The van der Waals surface area contributed by atoms with Gasteiger partial charge in [0.15, 0.2) is 0 Å². The number of carbonyl (C=O) groups is 1. The maximum atomic E-state index is 12.8. The Balaban J connectivity index is 1.53. The van der Waals surface area contributed by atoms with Gasteiger partial charge in [-0.2, -0.15) is 11.3 Å². The number of hydrogen-bond donors (Lipinski definition) is 0. The Kier molecular flexibility index (Phi) is 7.15. The van der Waals surface area contributed by atoms with Gasteiger partial charge in [-0.3, -0.25) is 9.69 Å². The molecule has 2 fully saturated rings. The van der Waals surface area contributed by atoms with E-state index in [1.54, 1.807) is 11.3 Å². The van der Waals surface area contributed by atoms with E-state index in [9.17, 15) is 4.79 Å². The van der Waals surface area contributed by atoms with Gasteiger partial charge < -0.3 is 4.74 Å². The molecule has 2 heterocycles. The van der Waals surface area contributed by atoms with Gasteiger partial charge in [-0.05, 0) is 67.1 Å². The SMILES string of the molecule is O=C(OCCN1CCCCCC1)C(c1ccsc1)C1CCCCC1. The van der Waals surface area contributed by atoms with Gasteiger partial charge in [-0.1, -0.05) is 32.1 Å².